The summed E-state index contributed by atoms with van der Waals surface area (Å²) in [7, 11) is 0. The zero-order valence-corrected chi connectivity index (χ0v) is 13.0. The fourth-order valence-electron chi connectivity index (χ4n) is 2.45. The maximum Gasteiger partial charge on any atom is 0.416 e. The molecular weight excluding hydrogens is 338 g/mol. The van der Waals surface area contributed by atoms with Crippen LogP contribution in [0.25, 0.3) is 0 Å². The SMILES string of the molecule is O=C(C1CC1(Cl)Cl)N(Cc1ccc(C(F)(F)F)cc1)C1CC1. The van der Waals surface area contributed by atoms with Crippen LogP contribution in [0.15, 0.2) is 24.3 Å². The molecule has 3 rings (SSSR count). The molecule has 0 spiro atoms. The van der Waals surface area contributed by atoms with Crippen molar-refractivity contribution in [1.29, 1.82) is 0 Å². The van der Waals surface area contributed by atoms with Crippen LogP contribution in [-0.4, -0.2) is 21.2 Å². The minimum absolute atomic E-state index is 0.104. The molecule has 0 aromatic heterocycles. The third-order valence-electron chi connectivity index (χ3n) is 4.03. The Morgan fingerprint density at radius 3 is 2.18 bits per heavy atom. The van der Waals surface area contributed by atoms with Gasteiger partial charge in [-0.15, -0.1) is 23.2 Å². The largest absolute Gasteiger partial charge is 0.416 e. The maximum atomic E-state index is 12.6. The van der Waals surface area contributed by atoms with Gasteiger partial charge in [0.25, 0.3) is 0 Å². The van der Waals surface area contributed by atoms with Crippen molar-refractivity contribution in [2.45, 2.75) is 42.4 Å². The summed E-state index contributed by atoms with van der Waals surface area (Å²) in [5, 5.41) is 0. The van der Waals surface area contributed by atoms with Crippen molar-refractivity contribution in [3.05, 3.63) is 35.4 Å². The Balaban J connectivity index is 1.71. The van der Waals surface area contributed by atoms with Gasteiger partial charge in [-0.1, -0.05) is 12.1 Å². The lowest BCUT2D eigenvalue weighted by Gasteiger charge is -2.23. The van der Waals surface area contributed by atoms with Gasteiger partial charge in [0.15, 0.2) is 0 Å². The molecule has 22 heavy (non-hydrogen) atoms. The average Bonchev–Trinajstić information content (AvgIpc) is 3.32. The van der Waals surface area contributed by atoms with Crippen LogP contribution < -0.4 is 0 Å². The third-order valence-corrected chi connectivity index (χ3v) is 4.86. The number of benzene rings is 1. The van der Waals surface area contributed by atoms with Crippen LogP contribution in [0.3, 0.4) is 0 Å². The van der Waals surface area contributed by atoms with Gasteiger partial charge < -0.3 is 4.90 Å². The monoisotopic (exact) mass is 351 g/mol. The molecule has 1 amide bonds. The first kappa shape index (κ1) is 15.9. The summed E-state index contributed by atoms with van der Waals surface area (Å²) in [4.78, 5) is 14.1. The van der Waals surface area contributed by atoms with E-state index in [1.807, 2.05) is 0 Å². The molecule has 1 aromatic rings. The van der Waals surface area contributed by atoms with Crippen LogP contribution in [0.4, 0.5) is 13.2 Å². The predicted octanol–water partition coefficient (Wildman–Crippen LogP) is 4.39. The van der Waals surface area contributed by atoms with E-state index in [1.165, 1.54) is 12.1 Å². The lowest BCUT2D eigenvalue weighted by Crippen LogP contribution is -2.34. The Kier molecular flexibility index (Phi) is 3.84. The Hall–Kier alpha value is -0.940. The smallest absolute Gasteiger partial charge is 0.335 e. The molecule has 2 aliphatic rings. The van der Waals surface area contributed by atoms with Crippen LogP contribution in [-0.2, 0) is 17.5 Å². The van der Waals surface area contributed by atoms with Crippen molar-refractivity contribution in [3.8, 4) is 0 Å². The Labute approximate surface area is 136 Å². The van der Waals surface area contributed by atoms with Gasteiger partial charge in [0.1, 0.15) is 4.33 Å². The van der Waals surface area contributed by atoms with E-state index >= 15 is 0 Å². The molecule has 0 aliphatic heterocycles. The maximum absolute atomic E-state index is 12.6. The zero-order valence-electron chi connectivity index (χ0n) is 11.5. The van der Waals surface area contributed by atoms with Gasteiger partial charge in [0.05, 0.1) is 11.5 Å². The van der Waals surface area contributed by atoms with E-state index in [1.54, 1.807) is 4.90 Å². The van der Waals surface area contributed by atoms with Crippen molar-refractivity contribution in [1.82, 2.24) is 4.90 Å². The number of carbonyl (C=O) groups is 1. The van der Waals surface area contributed by atoms with Gasteiger partial charge in [-0.05, 0) is 37.0 Å². The summed E-state index contributed by atoms with van der Waals surface area (Å²) in [5.74, 6) is -0.502. The summed E-state index contributed by atoms with van der Waals surface area (Å²) >= 11 is 11.9. The number of hydrogen-bond donors (Lipinski definition) is 0. The minimum Gasteiger partial charge on any atom is -0.335 e. The van der Waals surface area contributed by atoms with E-state index in [9.17, 15) is 18.0 Å². The lowest BCUT2D eigenvalue weighted by molar-refractivity contribution is -0.137. The molecule has 0 saturated heterocycles. The van der Waals surface area contributed by atoms with Crippen molar-refractivity contribution in [2.75, 3.05) is 0 Å². The molecule has 0 radical (unpaired) electrons. The highest BCUT2D eigenvalue weighted by Gasteiger charge is 2.58. The first-order valence-electron chi connectivity index (χ1n) is 7.03. The fraction of sp³-hybridized carbons (Fsp3) is 0.533. The molecule has 2 aliphatic carbocycles. The van der Waals surface area contributed by atoms with Crippen molar-refractivity contribution in [2.24, 2.45) is 5.92 Å². The van der Waals surface area contributed by atoms with Crippen molar-refractivity contribution in [3.63, 3.8) is 0 Å². The van der Waals surface area contributed by atoms with Crippen LogP contribution >= 0.6 is 23.2 Å². The number of carbonyl (C=O) groups excluding carboxylic acids is 1. The molecule has 0 heterocycles. The van der Waals surface area contributed by atoms with Crippen molar-refractivity contribution >= 4 is 29.1 Å². The third kappa shape index (κ3) is 3.35. The fourth-order valence-corrected chi connectivity index (χ4v) is 2.95. The van der Waals surface area contributed by atoms with E-state index in [0.717, 1.165) is 25.0 Å². The number of amides is 1. The molecule has 2 saturated carbocycles. The topological polar surface area (TPSA) is 20.3 Å². The van der Waals surface area contributed by atoms with Crippen molar-refractivity contribution < 1.29 is 18.0 Å². The standard InChI is InChI=1S/C15H14Cl2F3NO/c16-14(17)7-12(14)13(22)21(11-5-6-11)8-9-1-3-10(4-2-9)15(18,19)20/h1-4,11-12H,5-8H2. The number of hydrogen-bond acceptors (Lipinski definition) is 1. The van der Waals surface area contributed by atoms with E-state index in [2.05, 4.69) is 0 Å². The van der Waals surface area contributed by atoms with Crippen LogP contribution in [0.1, 0.15) is 30.4 Å². The molecule has 120 valence electrons. The van der Waals surface area contributed by atoms with E-state index in [4.69, 9.17) is 23.2 Å². The number of halogens is 5. The highest BCUT2D eigenvalue weighted by molar-refractivity contribution is 6.52. The number of rotatable bonds is 4. The molecule has 1 aromatic carbocycles. The second kappa shape index (κ2) is 5.31. The minimum atomic E-state index is -4.35. The van der Waals surface area contributed by atoms with Crippen LogP contribution in [0, 0.1) is 5.92 Å². The molecular formula is C15H14Cl2F3NO. The zero-order chi connectivity index (χ0) is 16.1. The van der Waals surface area contributed by atoms with Gasteiger partial charge >= 0.3 is 6.18 Å². The second-order valence-corrected chi connectivity index (χ2v) is 7.45. The Bertz CT molecular complexity index is 581. The molecule has 2 nitrogen and oxygen atoms in total. The highest BCUT2D eigenvalue weighted by Crippen LogP contribution is 2.54. The average molecular weight is 352 g/mol. The molecule has 1 unspecified atom stereocenters. The van der Waals surface area contributed by atoms with Crippen LogP contribution in [0.2, 0.25) is 0 Å². The Morgan fingerprint density at radius 2 is 1.77 bits per heavy atom. The van der Waals surface area contributed by atoms with Gasteiger partial charge in [-0.2, -0.15) is 13.2 Å². The molecule has 2 fully saturated rings. The van der Waals surface area contributed by atoms with E-state index < -0.39 is 22.0 Å². The highest BCUT2D eigenvalue weighted by atomic mass is 35.5. The molecule has 1 atom stereocenters. The summed E-state index contributed by atoms with van der Waals surface area (Å²) in [5.41, 5.74) is -0.0214. The Morgan fingerprint density at radius 1 is 1.23 bits per heavy atom. The predicted molar refractivity (Wildman–Crippen MR) is 77.6 cm³/mol. The van der Waals surface area contributed by atoms with Gasteiger partial charge in [0.2, 0.25) is 5.91 Å². The first-order chi connectivity index (χ1) is 10.2. The number of nitrogens with zero attached hydrogens (tertiary/aromatic N) is 1. The second-order valence-electron chi connectivity index (χ2n) is 5.91. The molecule has 0 N–H and O–H groups in total. The summed E-state index contributed by atoms with van der Waals surface area (Å²) < 4.78 is 36.7. The number of alkyl halides is 5. The normalized spacial score (nSPS) is 23.2. The summed E-state index contributed by atoms with van der Waals surface area (Å²) in [6.07, 6.45) is -2.09. The van der Waals surface area contributed by atoms with Gasteiger partial charge in [0, 0.05) is 12.6 Å². The van der Waals surface area contributed by atoms with Crippen LogP contribution in [0.5, 0.6) is 0 Å². The molecule has 0 bridgehead atoms. The lowest BCUT2D eigenvalue weighted by atomic mass is 10.1. The summed E-state index contributed by atoms with van der Waals surface area (Å²) in [6, 6.07) is 5.05. The quantitative estimate of drug-likeness (QED) is 0.736. The van der Waals surface area contributed by atoms with Gasteiger partial charge in [-0.3, -0.25) is 4.79 Å². The van der Waals surface area contributed by atoms with E-state index in [0.29, 0.717) is 18.5 Å². The first-order valence-corrected chi connectivity index (χ1v) is 7.78. The molecule has 7 heteroatoms. The summed E-state index contributed by atoms with van der Waals surface area (Å²) in [6.45, 7) is 0.294. The van der Waals surface area contributed by atoms with E-state index in [-0.39, 0.29) is 11.9 Å². The van der Waals surface area contributed by atoms with Gasteiger partial charge in [-0.25, -0.2) is 0 Å².